The molecule has 0 aliphatic carbocycles. The SMILES string of the molecule is Cc1cc(C)cc(NC(=O)COc2ccc(Br)cc2C(=O)O)c1. The van der Waals surface area contributed by atoms with Gasteiger partial charge in [0.05, 0.1) is 0 Å². The van der Waals surface area contributed by atoms with Gasteiger partial charge in [0, 0.05) is 10.2 Å². The maximum atomic E-state index is 12.0. The number of nitrogens with one attached hydrogen (secondary N) is 1. The molecule has 0 fully saturated rings. The molecule has 120 valence electrons. The fourth-order valence-electron chi connectivity index (χ4n) is 2.18. The summed E-state index contributed by atoms with van der Waals surface area (Å²) in [6, 6.07) is 10.3. The molecule has 1 amide bonds. The highest BCUT2D eigenvalue weighted by molar-refractivity contribution is 9.10. The molecule has 0 saturated heterocycles. The molecule has 2 rings (SSSR count). The van der Waals surface area contributed by atoms with Crippen molar-refractivity contribution in [3.63, 3.8) is 0 Å². The van der Waals surface area contributed by atoms with Gasteiger partial charge in [-0.05, 0) is 55.3 Å². The van der Waals surface area contributed by atoms with Crippen molar-refractivity contribution in [2.75, 3.05) is 11.9 Å². The first-order valence-corrected chi connectivity index (χ1v) is 7.68. The minimum Gasteiger partial charge on any atom is -0.483 e. The molecule has 0 radical (unpaired) electrons. The van der Waals surface area contributed by atoms with Crippen molar-refractivity contribution in [1.82, 2.24) is 0 Å². The van der Waals surface area contributed by atoms with Gasteiger partial charge in [0.1, 0.15) is 11.3 Å². The first kappa shape index (κ1) is 17.0. The number of carboxylic acids is 1. The summed E-state index contributed by atoms with van der Waals surface area (Å²) in [5.41, 5.74) is 2.77. The predicted molar refractivity (Wildman–Crippen MR) is 91.1 cm³/mol. The number of carbonyl (C=O) groups is 2. The van der Waals surface area contributed by atoms with Gasteiger partial charge < -0.3 is 15.2 Å². The monoisotopic (exact) mass is 377 g/mol. The second-order valence-corrected chi connectivity index (χ2v) is 6.07. The lowest BCUT2D eigenvalue weighted by Crippen LogP contribution is -2.21. The summed E-state index contributed by atoms with van der Waals surface area (Å²) < 4.78 is 5.96. The van der Waals surface area contributed by atoms with E-state index in [9.17, 15) is 9.59 Å². The normalized spacial score (nSPS) is 10.2. The lowest BCUT2D eigenvalue weighted by atomic mass is 10.1. The van der Waals surface area contributed by atoms with Crippen LogP contribution in [0.1, 0.15) is 21.5 Å². The highest BCUT2D eigenvalue weighted by Gasteiger charge is 2.13. The van der Waals surface area contributed by atoms with Crippen LogP contribution in [0.2, 0.25) is 0 Å². The molecule has 0 bridgehead atoms. The first-order valence-electron chi connectivity index (χ1n) is 6.89. The number of ether oxygens (including phenoxy) is 1. The third kappa shape index (κ3) is 4.82. The van der Waals surface area contributed by atoms with E-state index in [1.807, 2.05) is 32.0 Å². The Morgan fingerprint density at radius 1 is 1.13 bits per heavy atom. The quantitative estimate of drug-likeness (QED) is 0.830. The smallest absolute Gasteiger partial charge is 0.339 e. The van der Waals surface area contributed by atoms with Crippen LogP contribution >= 0.6 is 15.9 Å². The number of hydrogen-bond donors (Lipinski definition) is 2. The number of aryl methyl sites for hydroxylation is 2. The molecule has 0 spiro atoms. The molecule has 2 N–H and O–H groups in total. The molecule has 2 aromatic carbocycles. The number of carboxylic acid groups (broad SMARTS) is 1. The van der Waals surface area contributed by atoms with E-state index in [-0.39, 0.29) is 23.8 Å². The Labute approximate surface area is 142 Å². The summed E-state index contributed by atoms with van der Waals surface area (Å²) in [7, 11) is 0. The molecule has 23 heavy (non-hydrogen) atoms. The molecular formula is C17H16BrNO4. The third-order valence-corrected chi connectivity index (χ3v) is 3.53. The van der Waals surface area contributed by atoms with Crippen molar-refractivity contribution in [3.8, 4) is 5.75 Å². The fraction of sp³-hybridized carbons (Fsp3) is 0.176. The molecule has 0 saturated carbocycles. The number of benzene rings is 2. The summed E-state index contributed by atoms with van der Waals surface area (Å²) in [6.45, 7) is 3.62. The molecule has 2 aromatic rings. The lowest BCUT2D eigenvalue weighted by Gasteiger charge is -2.11. The van der Waals surface area contributed by atoms with Crippen LogP contribution < -0.4 is 10.1 Å². The Balaban J connectivity index is 2.03. The number of hydrogen-bond acceptors (Lipinski definition) is 3. The van der Waals surface area contributed by atoms with Crippen molar-refractivity contribution in [2.24, 2.45) is 0 Å². The van der Waals surface area contributed by atoms with Gasteiger partial charge in [0.15, 0.2) is 6.61 Å². The number of halogens is 1. The van der Waals surface area contributed by atoms with Crippen LogP contribution in [-0.4, -0.2) is 23.6 Å². The zero-order valence-electron chi connectivity index (χ0n) is 12.7. The summed E-state index contributed by atoms with van der Waals surface area (Å²) in [6.07, 6.45) is 0. The average Bonchev–Trinajstić information content (AvgIpc) is 2.44. The molecule has 0 aromatic heterocycles. The van der Waals surface area contributed by atoms with Crippen LogP contribution in [0.4, 0.5) is 5.69 Å². The van der Waals surface area contributed by atoms with E-state index in [4.69, 9.17) is 9.84 Å². The van der Waals surface area contributed by atoms with Gasteiger partial charge in [-0.1, -0.05) is 22.0 Å². The highest BCUT2D eigenvalue weighted by atomic mass is 79.9. The van der Waals surface area contributed by atoms with Crippen LogP contribution in [0.3, 0.4) is 0 Å². The van der Waals surface area contributed by atoms with Gasteiger partial charge in [0.2, 0.25) is 0 Å². The number of aromatic carboxylic acids is 1. The first-order chi connectivity index (χ1) is 10.8. The largest absolute Gasteiger partial charge is 0.483 e. The van der Waals surface area contributed by atoms with Gasteiger partial charge in [-0.3, -0.25) is 4.79 Å². The van der Waals surface area contributed by atoms with Gasteiger partial charge in [-0.2, -0.15) is 0 Å². The van der Waals surface area contributed by atoms with Crippen molar-refractivity contribution < 1.29 is 19.4 Å². The summed E-state index contributed by atoms with van der Waals surface area (Å²) in [5.74, 6) is -1.32. The van der Waals surface area contributed by atoms with Gasteiger partial charge in [-0.15, -0.1) is 0 Å². The van der Waals surface area contributed by atoms with Gasteiger partial charge in [0.25, 0.3) is 5.91 Å². The number of carbonyl (C=O) groups excluding carboxylic acids is 1. The number of amides is 1. The predicted octanol–water partition coefficient (Wildman–Crippen LogP) is 3.78. The minimum atomic E-state index is -1.11. The third-order valence-electron chi connectivity index (χ3n) is 3.04. The minimum absolute atomic E-state index is 0.00132. The van der Waals surface area contributed by atoms with Crippen molar-refractivity contribution >= 4 is 33.5 Å². The Kier molecular flexibility index (Phi) is 5.39. The van der Waals surface area contributed by atoms with Crippen molar-refractivity contribution in [3.05, 3.63) is 57.6 Å². The Morgan fingerprint density at radius 2 is 1.78 bits per heavy atom. The second-order valence-electron chi connectivity index (χ2n) is 5.16. The lowest BCUT2D eigenvalue weighted by molar-refractivity contribution is -0.118. The summed E-state index contributed by atoms with van der Waals surface area (Å²) in [5, 5.41) is 11.9. The molecule has 0 aliphatic heterocycles. The summed E-state index contributed by atoms with van der Waals surface area (Å²) in [4.78, 5) is 23.1. The van der Waals surface area contributed by atoms with E-state index in [1.54, 1.807) is 6.07 Å². The molecule has 0 aliphatic rings. The van der Waals surface area contributed by atoms with E-state index in [0.29, 0.717) is 10.2 Å². The molecule has 6 heteroatoms. The molecular weight excluding hydrogens is 362 g/mol. The van der Waals surface area contributed by atoms with Gasteiger partial charge >= 0.3 is 5.97 Å². The average molecular weight is 378 g/mol. The van der Waals surface area contributed by atoms with Crippen LogP contribution in [0.15, 0.2) is 40.9 Å². The molecule has 0 heterocycles. The zero-order chi connectivity index (χ0) is 17.0. The fourth-order valence-corrected chi connectivity index (χ4v) is 2.54. The molecule has 0 unspecified atom stereocenters. The second kappa shape index (κ2) is 7.28. The number of rotatable bonds is 5. The Bertz CT molecular complexity index is 738. The highest BCUT2D eigenvalue weighted by Crippen LogP contribution is 2.23. The van der Waals surface area contributed by atoms with E-state index in [0.717, 1.165) is 11.1 Å². The Morgan fingerprint density at radius 3 is 2.39 bits per heavy atom. The molecule has 5 nitrogen and oxygen atoms in total. The summed E-state index contributed by atoms with van der Waals surface area (Å²) >= 11 is 3.20. The zero-order valence-corrected chi connectivity index (χ0v) is 14.3. The van der Waals surface area contributed by atoms with Crippen LogP contribution in [0.25, 0.3) is 0 Å². The van der Waals surface area contributed by atoms with Crippen molar-refractivity contribution in [2.45, 2.75) is 13.8 Å². The van der Waals surface area contributed by atoms with E-state index in [1.165, 1.54) is 12.1 Å². The maximum Gasteiger partial charge on any atom is 0.339 e. The standard InChI is InChI=1S/C17H16BrNO4/c1-10-5-11(2)7-13(6-10)19-16(20)9-23-15-4-3-12(18)8-14(15)17(21)22/h3-8H,9H2,1-2H3,(H,19,20)(H,21,22). The number of anilines is 1. The van der Waals surface area contributed by atoms with Crippen LogP contribution in [0.5, 0.6) is 5.75 Å². The van der Waals surface area contributed by atoms with Crippen LogP contribution in [0, 0.1) is 13.8 Å². The van der Waals surface area contributed by atoms with E-state index in [2.05, 4.69) is 21.2 Å². The van der Waals surface area contributed by atoms with E-state index < -0.39 is 5.97 Å². The van der Waals surface area contributed by atoms with Crippen LogP contribution in [-0.2, 0) is 4.79 Å². The maximum absolute atomic E-state index is 12.0. The van der Waals surface area contributed by atoms with Gasteiger partial charge in [-0.25, -0.2) is 4.79 Å². The topological polar surface area (TPSA) is 75.6 Å². The molecule has 0 atom stereocenters. The Hall–Kier alpha value is -2.34. The van der Waals surface area contributed by atoms with Crippen molar-refractivity contribution in [1.29, 1.82) is 0 Å². The van der Waals surface area contributed by atoms with E-state index >= 15 is 0 Å².